The summed E-state index contributed by atoms with van der Waals surface area (Å²) in [7, 11) is 0. The summed E-state index contributed by atoms with van der Waals surface area (Å²) in [4.78, 5) is 14.3. The van der Waals surface area contributed by atoms with Crippen LogP contribution in [0.4, 0.5) is 5.69 Å². The van der Waals surface area contributed by atoms with E-state index in [1.54, 1.807) is 18.2 Å². The summed E-state index contributed by atoms with van der Waals surface area (Å²) in [5.74, 6) is -0.00227. The average molecular weight is 243 g/mol. The summed E-state index contributed by atoms with van der Waals surface area (Å²) in [5, 5.41) is 8.66. The second kappa shape index (κ2) is 5.09. The highest BCUT2D eigenvalue weighted by atomic mass is 16.2. The monoisotopic (exact) mass is 243 g/mol. The van der Waals surface area contributed by atoms with Crippen LogP contribution in [0.3, 0.4) is 0 Å². The summed E-state index contributed by atoms with van der Waals surface area (Å²) in [5.41, 5.74) is 7.94. The number of amides is 1. The first-order valence-corrected chi connectivity index (χ1v) is 6.18. The Hall–Kier alpha value is -2.02. The normalized spacial score (nSPS) is 14.0. The number of carbonyl (C=O) groups excluding carboxylic acids is 1. The van der Waals surface area contributed by atoms with Crippen LogP contribution in [0.2, 0.25) is 0 Å². The number of nitrogens with zero attached hydrogens (tertiary/aromatic N) is 2. The number of anilines is 1. The molecule has 0 aliphatic heterocycles. The van der Waals surface area contributed by atoms with Crippen LogP contribution in [0.15, 0.2) is 18.2 Å². The molecule has 1 aliphatic carbocycles. The Morgan fingerprint density at radius 3 is 2.89 bits per heavy atom. The standard InChI is InChI=1S/C14H17N3O/c1-10-12(4-2-5-13(10)16)14(18)17(9-3-8-15)11-6-7-11/h2,4-5,11H,3,6-7,9,16H2,1H3. The third-order valence-corrected chi connectivity index (χ3v) is 3.32. The van der Waals surface area contributed by atoms with Gasteiger partial charge in [-0.3, -0.25) is 4.79 Å². The molecule has 0 heterocycles. The van der Waals surface area contributed by atoms with E-state index in [1.807, 2.05) is 11.8 Å². The van der Waals surface area contributed by atoms with E-state index in [2.05, 4.69) is 6.07 Å². The smallest absolute Gasteiger partial charge is 0.254 e. The van der Waals surface area contributed by atoms with Crippen LogP contribution in [0, 0.1) is 18.3 Å². The lowest BCUT2D eigenvalue weighted by atomic mass is 10.1. The molecule has 4 nitrogen and oxygen atoms in total. The van der Waals surface area contributed by atoms with Crippen molar-refractivity contribution in [1.29, 1.82) is 5.26 Å². The van der Waals surface area contributed by atoms with Crippen molar-refractivity contribution in [3.05, 3.63) is 29.3 Å². The Morgan fingerprint density at radius 2 is 2.28 bits per heavy atom. The van der Waals surface area contributed by atoms with Gasteiger partial charge in [0.25, 0.3) is 5.91 Å². The van der Waals surface area contributed by atoms with Gasteiger partial charge >= 0.3 is 0 Å². The van der Waals surface area contributed by atoms with Crippen LogP contribution in [0.5, 0.6) is 0 Å². The van der Waals surface area contributed by atoms with Crippen molar-refractivity contribution >= 4 is 11.6 Å². The van der Waals surface area contributed by atoms with Crippen molar-refractivity contribution in [3.8, 4) is 6.07 Å². The number of benzene rings is 1. The number of nitrogen functional groups attached to an aromatic ring is 1. The van der Waals surface area contributed by atoms with E-state index in [4.69, 9.17) is 11.0 Å². The first kappa shape index (κ1) is 12.4. The predicted octanol–water partition coefficient (Wildman–Crippen LogP) is 2.10. The summed E-state index contributed by atoms with van der Waals surface area (Å²) in [6.07, 6.45) is 2.46. The average Bonchev–Trinajstić information content (AvgIpc) is 3.17. The van der Waals surface area contributed by atoms with Crippen molar-refractivity contribution < 1.29 is 4.79 Å². The first-order chi connectivity index (χ1) is 8.65. The Kier molecular flexibility index (Phi) is 3.52. The molecule has 1 saturated carbocycles. The highest BCUT2D eigenvalue weighted by Gasteiger charge is 2.33. The minimum absolute atomic E-state index is 0.00227. The molecular formula is C14H17N3O. The summed E-state index contributed by atoms with van der Waals surface area (Å²) in [6.45, 7) is 2.37. The lowest BCUT2D eigenvalue weighted by molar-refractivity contribution is 0.0746. The van der Waals surface area contributed by atoms with Crippen molar-refractivity contribution in [2.45, 2.75) is 32.2 Å². The number of nitriles is 1. The van der Waals surface area contributed by atoms with Crippen molar-refractivity contribution in [3.63, 3.8) is 0 Å². The molecule has 0 bridgehead atoms. The molecule has 1 amide bonds. The van der Waals surface area contributed by atoms with Crippen LogP contribution >= 0.6 is 0 Å². The molecule has 0 aromatic heterocycles. The van der Waals surface area contributed by atoms with E-state index >= 15 is 0 Å². The maximum Gasteiger partial charge on any atom is 0.254 e. The van der Waals surface area contributed by atoms with E-state index in [-0.39, 0.29) is 5.91 Å². The van der Waals surface area contributed by atoms with Gasteiger partial charge in [-0.15, -0.1) is 0 Å². The van der Waals surface area contributed by atoms with Gasteiger partial charge in [0, 0.05) is 23.8 Å². The van der Waals surface area contributed by atoms with Crippen LogP contribution in [0.1, 0.15) is 35.2 Å². The minimum Gasteiger partial charge on any atom is -0.398 e. The number of carbonyl (C=O) groups is 1. The summed E-state index contributed by atoms with van der Waals surface area (Å²) < 4.78 is 0. The van der Waals surface area contributed by atoms with Crippen molar-refractivity contribution in [1.82, 2.24) is 4.90 Å². The SMILES string of the molecule is Cc1c(N)cccc1C(=O)N(CCC#N)C1CC1. The molecule has 0 atom stereocenters. The molecule has 2 rings (SSSR count). The molecule has 1 aliphatic rings. The van der Waals surface area contributed by atoms with Gasteiger partial charge < -0.3 is 10.6 Å². The Bertz CT molecular complexity index is 500. The highest BCUT2D eigenvalue weighted by Crippen LogP contribution is 2.29. The fourth-order valence-corrected chi connectivity index (χ4v) is 2.05. The number of hydrogen-bond donors (Lipinski definition) is 1. The van der Waals surface area contributed by atoms with E-state index in [0.29, 0.717) is 30.3 Å². The van der Waals surface area contributed by atoms with Gasteiger partial charge in [0.2, 0.25) is 0 Å². The van der Waals surface area contributed by atoms with E-state index < -0.39 is 0 Å². The van der Waals surface area contributed by atoms with Gasteiger partial charge in [0.1, 0.15) is 0 Å². The van der Waals surface area contributed by atoms with Gasteiger partial charge in [0.15, 0.2) is 0 Å². The van der Waals surface area contributed by atoms with E-state index in [1.165, 1.54) is 0 Å². The molecule has 18 heavy (non-hydrogen) atoms. The zero-order valence-corrected chi connectivity index (χ0v) is 10.5. The fourth-order valence-electron chi connectivity index (χ4n) is 2.05. The third kappa shape index (κ3) is 2.45. The Balaban J connectivity index is 2.22. The van der Waals surface area contributed by atoms with Gasteiger partial charge in [-0.2, -0.15) is 5.26 Å². The number of rotatable bonds is 4. The molecule has 2 N–H and O–H groups in total. The zero-order chi connectivity index (χ0) is 13.1. The molecule has 4 heteroatoms. The third-order valence-electron chi connectivity index (χ3n) is 3.32. The fraction of sp³-hybridized carbons (Fsp3) is 0.429. The zero-order valence-electron chi connectivity index (χ0n) is 10.5. The molecule has 1 aromatic carbocycles. The van der Waals surface area contributed by atoms with Gasteiger partial charge in [-0.1, -0.05) is 6.07 Å². The second-order valence-corrected chi connectivity index (χ2v) is 4.66. The Morgan fingerprint density at radius 1 is 1.56 bits per heavy atom. The topological polar surface area (TPSA) is 70.1 Å². The largest absolute Gasteiger partial charge is 0.398 e. The molecule has 94 valence electrons. The van der Waals surface area contributed by atoms with E-state index in [0.717, 1.165) is 18.4 Å². The number of hydrogen-bond acceptors (Lipinski definition) is 3. The predicted molar refractivity (Wildman–Crippen MR) is 69.9 cm³/mol. The summed E-state index contributed by atoms with van der Waals surface area (Å²) in [6, 6.07) is 7.80. The summed E-state index contributed by atoms with van der Waals surface area (Å²) >= 11 is 0. The maximum atomic E-state index is 12.5. The maximum absolute atomic E-state index is 12.5. The second-order valence-electron chi connectivity index (χ2n) is 4.66. The van der Waals surface area contributed by atoms with Crippen LogP contribution < -0.4 is 5.73 Å². The molecule has 1 aromatic rings. The van der Waals surface area contributed by atoms with Crippen LogP contribution in [-0.2, 0) is 0 Å². The van der Waals surface area contributed by atoms with Crippen molar-refractivity contribution in [2.24, 2.45) is 0 Å². The molecule has 0 saturated heterocycles. The van der Waals surface area contributed by atoms with Crippen LogP contribution in [-0.4, -0.2) is 23.4 Å². The lowest BCUT2D eigenvalue weighted by Gasteiger charge is -2.22. The quantitative estimate of drug-likeness (QED) is 0.823. The first-order valence-electron chi connectivity index (χ1n) is 6.18. The molecule has 0 unspecified atom stereocenters. The molecule has 1 fully saturated rings. The molecule has 0 radical (unpaired) electrons. The number of nitrogens with two attached hydrogens (primary N) is 1. The minimum atomic E-state index is -0.00227. The van der Waals surface area contributed by atoms with Crippen LogP contribution in [0.25, 0.3) is 0 Å². The highest BCUT2D eigenvalue weighted by molar-refractivity contribution is 5.97. The van der Waals surface area contributed by atoms with E-state index in [9.17, 15) is 4.79 Å². The lowest BCUT2D eigenvalue weighted by Crippen LogP contribution is -2.34. The molecule has 0 spiro atoms. The van der Waals surface area contributed by atoms with Crippen molar-refractivity contribution in [2.75, 3.05) is 12.3 Å². The van der Waals surface area contributed by atoms with Gasteiger partial charge in [0.05, 0.1) is 12.5 Å². The van der Waals surface area contributed by atoms with Gasteiger partial charge in [-0.05, 0) is 37.5 Å². The Labute approximate surface area is 107 Å². The molecular weight excluding hydrogens is 226 g/mol. The van der Waals surface area contributed by atoms with Gasteiger partial charge in [-0.25, -0.2) is 0 Å².